The van der Waals surface area contributed by atoms with Gasteiger partial charge in [-0.15, -0.1) is 0 Å². The van der Waals surface area contributed by atoms with Gasteiger partial charge in [-0.1, -0.05) is 33.1 Å². The number of methoxy groups -OCH3 is 2. The highest BCUT2D eigenvalue weighted by Crippen LogP contribution is 2.31. The maximum atomic E-state index is 13.3. The van der Waals surface area contributed by atoms with Crippen molar-refractivity contribution >= 4 is 21.8 Å². The van der Waals surface area contributed by atoms with E-state index in [0.717, 1.165) is 32.1 Å². The molecule has 1 saturated heterocycles. The van der Waals surface area contributed by atoms with Gasteiger partial charge >= 0.3 is 0 Å². The van der Waals surface area contributed by atoms with E-state index in [1.807, 2.05) is 13.8 Å². The topological polar surface area (TPSA) is 105 Å². The third kappa shape index (κ3) is 5.83. The van der Waals surface area contributed by atoms with Crippen molar-refractivity contribution in [1.29, 1.82) is 0 Å². The van der Waals surface area contributed by atoms with Crippen molar-refractivity contribution in [3.05, 3.63) is 18.2 Å². The molecule has 1 saturated carbocycles. The first kappa shape index (κ1) is 26.3. The van der Waals surface area contributed by atoms with Crippen molar-refractivity contribution in [3.63, 3.8) is 0 Å². The molecule has 2 amide bonds. The van der Waals surface area contributed by atoms with E-state index in [4.69, 9.17) is 9.47 Å². The van der Waals surface area contributed by atoms with Gasteiger partial charge in [0.2, 0.25) is 21.8 Å². The number of rotatable bonds is 8. The molecule has 2 fully saturated rings. The monoisotopic (exact) mass is 495 g/mol. The van der Waals surface area contributed by atoms with E-state index in [-0.39, 0.29) is 60.5 Å². The lowest BCUT2D eigenvalue weighted by Gasteiger charge is -2.37. The zero-order valence-corrected chi connectivity index (χ0v) is 21.4. The first-order valence-corrected chi connectivity index (χ1v) is 13.4. The van der Waals surface area contributed by atoms with Crippen LogP contribution in [0.15, 0.2) is 23.1 Å². The number of sulfonamides is 1. The molecule has 34 heavy (non-hydrogen) atoms. The number of carbonyl (C=O) groups excluding carboxylic acids is 2. The second-order valence-electron chi connectivity index (χ2n) is 9.31. The summed E-state index contributed by atoms with van der Waals surface area (Å²) in [5.74, 6) is 0.366. The summed E-state index contributed by atoms with van der Waals surface area (Å²) in [5.41, 5.74) is 0. The quantitative estimate of drug-likeness (QED) is 0.593. The average Bonchev–Trinajstić information content (AvgIpc) is 2.86. The molecule has 1 aromatic carbocycles. The van der Waals surface area contributed by atoms with Crippen molar-refractivity contribution in [1.82, 2.24) is 14.5 Å². The van der Waals surface area contributed by atoms with Gasteiger partial charge in [0.05, 0.1) is 14.2 Å². The predicted molar refractivity (Wildman–Crippen MR) is 128 cm³/mol. The Morgan fingerprint density at radius 1 is 1.00 bits per heavy atom. The number of nitrogens with one attached hydrogen (secondary N) is 1. The van der Waals surface area contributed by atoms with E-state index in [1.54, 1.807) is 17.0 Å². The summed E-state index contributed by atoms with van der Waals surface area (Å²) in [6.45, 7) is 4.67. The Labute approximate surface area is 202 Å². The fourth-order valence-corrected chi connectivity index (χ4v) is 6.21. The average molecular weight is 496 g/mol. The molecule has 1 aliphatic carbocycles. The largest absolute Gasteiger partial charge is 0.497 e. The standard InChI is InChI=1S/C24H37N3O6S/c1-17(2)22(25-23(28)18-8-6-5-7-9-18)24(29)26-12-14-27(15-13-26)34(30,31)21-16-19(32-3)10-11-20(21)33-4/h10-11,16-18,22H,5-9,12-15H2,1-4H3,(H,25,28). The molecule has 0 bridgehead atoms. The molecule has 1 N–H and O–H groups in total. The smallest absolute Gasteiger partial charge is 0.247 e. The van der Waals surface area contributed by atoms with Crippen LogP contribution < -0.4 is 14.8 Å². The Morgan fingerprint density at radius 2 is 1.65 bits per heavy atom. The minimum absolute atomic E-state index is 0.0253. The molecular weight excluding hydrogens is 458 g/mol. The number of nitrogens with zero attached hydrogens (tertiary/aromatic N) is 2. The second-order valence-corrected chi connectivity index (χ2v) is 11.2. The molecule has 1 aromatic rings. The van der Waals surface area contributed by atoms with Crippen molar-refractivity contribution in [3.8, 4) is 11.5 Å². The Hall–Kier alpha value is -2.33. The Kier molecular flexibility index (Phi) is 8.81. The molecule has 2 aliphatic rings. The fraction of sp³-hybridized carbons (Fsp3) is 0.667. The lowest BCUT2D eigenvalue weighted by molar-refractivity contribution is -0.139. The van der Waals surface area contributed by atoms with Crippen molar-refractivity contribution in [2.45, 2.75) is 56.9 Å². The molecule has 0 spiro atoms. The van der Waals surface area contributed by atoms with Crippen LogP contribution in [-0.4, -0.2) is 75.9 Å². The van der Waals surface area contributed by atoms with E-state index >= 15 is 0 Å². The number of amides is 2. The van der Waals surface area contributed by atoms with E-state index in [1.165, 1.54) is 24.6 Å². The van der Waals surface area contributed by atoms with Crippen LogP contribution in [-0.2, 0) is 19.6 Å². The third-order valence-electron chi connectivity index (χ3n) is 6.75. The van der Waals surface area contributed by atoms with E-state index in [0.29, 0.717) is 5.75 Å². The van der Waals surface area contributed by atoms with Crippen LogP contribution in [0.25, 0.3) is 0 Å². The van der Waals surface area contributed by atoms with Crippen molar-refractivity contribution in [2.24, 2.45) is 11.8 Å². The van der Waals surface area contributed by atoms with Crippen molar-refractivity contribution < 1.29 is 27.5 Å². The molecule has 0 aromatic heterocycles. The number of hydrogen-bond acceptors (Lipinski definition) is 6. The highest BCUT2D eigenvalue weighted by molar-refractivity contribution is 7.89. The van der Waals surface area contributed by atoms with Gasteiger partial charge in [0, 0.05) is 38.2 Å². The van der Waals surface area contributed by atoms with Gasteiger partial charge in [-0.05, 0) is 30.9 Å². The highest BCUT2D eigenvalue weighted by Gasteiger charge is 2.36. The Morgan fingerprint density at radius 3 is 2.21 bits per heavy atom. The summed E-state index contributed by atoms with van der Waals surface area (Å²) in [7, 11) is -0.941. The van der Waals surface area contributed by atoms with Crippen LogP contribution in [0, 0.1) is 11.8 Å². The zero-order valence-electron chi connectivity index (χ0n) is 20.6. The Bertz CT molecular complexity index is 967. The predicted octanol–water partition coefficient (Wildman–Crippen LogP) is 2.26. The van der Waals surface area contributed by atoms with Gasteiger partial charge in [0.25, 0.3) is 0 Å². The van der Waals surface area contributed by atoms with Crippen LogP contribution >= 0.6 is 0 Å². The van der Waals surface area contributed by atoms with E-state index < -0.39 is 16.1 Å². The third-order valence-corrected chi connectivity index (χ3v) is 8.67. The van der Waals surface area contributed by atoms with Gasteiger partial charge in [-0.3, -0.25) is 9.59 Å². The van der Waals surface area contributed by atoms with Crippen molar-refractivity contribution in [2.75, 3.05) is 40.4 Å². The minimum Gasteiger partial charge on any atom is -0.497 e. The number of piperazine rings is 1. The molecule has 1 unspecified atom stereocenters. The maximum absolute atomic E-state index is 13.3. The maximum Gasteiger partial charge on any atom is 0.247 e. The molecular formula is C24H37N3O6S. The van der Waals surface area contributed by atoms with Crippen LogP contribution in [0.1, 0.15) is 46.0 Å². The van der Waals surface area contributed by atoms with Gasteiger partial charge in [0.15, 0.2) is 0 Å². The number of hydrogen-bond donors (Lipinski definition) is 1. The lowest BCUT2D eigenvalue weighted by atomic mass is 9.88. The first-order chi connectivity index (χ1) is 16.2. The summed E-state index contributed by atoms with van der Waals surface area (Å²) in [6.07, 6.45) is 5.00. The fourth-order valence-electron chi connectivity index (χ4n) is 4.62. The minimum atomic E-state index is -3.84. The molecule has 3 rings (SSSR count). The highest BCUT2D eigenvalue weighted by atomic mass is 32.2. The second kappa shape index (κ2) is 11.4. The SMILES string of the molecule is COc1ccc(OC)c(S(=O)(=O)N2CCN(C(=O)C(NC(=O)C3CCCCC3)C(C)C)CC2)c1. The summed E-state index contributed by atoms with van der Waals surface area (Å²) >= 11 is 0. The van der Waals surface area contributed by atoms with Gasteiger partial charge in [-0.25, -0.2) is 8.42 Å². The van der Waals surface area contributed by atoms with E-state index in [2.05, 4.69) is 5.32 Å². The van der Waals surface area contributed by atoms with Crippen LogP contribution in [0.2, 0.25) is 0 Å². The molecule has 1 aliphatic heterocycles. The summed E-state index contributed by atoms with van der Waals surface area (Å²) < 4.78 is 38.4. The molecule has 9 nitrogen and oxygen atoms in total. The zero-order chi connectivity index (χ0) is 24.9. The van der Waals surface area contributed by atoms with Gasteiger partial charge in [-0.2, -0.15) is 4.31 Å². The Balaban J connectivity index is 1.66. The van der Waals surface area contributed by atoms with E-state index in [9.17, 15) is 18.0 Å². The van der Waals surface area contributed by atoms with Crippen LogP contribution in [0.5, 0.6) is 11.5 Å². The first-order valence-electron chi connectivity index (χ1n) is 12.0. The molecule has 1 atom stereocenters. The number of ether oxygens (including phenoxy) is 2. The molecule has 1 heterocycles. The number of carbonyl (C=O) groups is 2. The number of benzene rings is 1. The van der Waals surface area contributed by atoms with Gasteiger partial charge in [0.1, 0.15) is 22.4 Å². The van der Waals surface area contributed by atoms with Crippen LogP contribution in [0.3, 0.4) is 0 Å². The molecule has 0 radical (unpaired) electrons. The van der Waals surface area contributed by atoms with Crippen LogP contribution in [0.4, 0.5) is 0 Å². The van der Waals surface area contributed by atoms with Gasteiger partial charge < -0.3 is 19.7 Å². The molecule has 190 valence electrons. The lowest BCUT2D eigenvalue weighted by Crippen LogP contribution is -2.57. The summed E-state index contributed by atoms with van der Waals surface area (Å²) in [5, 5.41) is 2.99. The summed E-state index contributed by atoms with van der Waals surface area (Å²) in [6, 6.07) is 4.04. The normalized spacial score (nSPS) is 19.0. The summed E-state index contributed by atoms with van der Waals surface area (Å²) in [4.78, 5) is 27.7. The molecule has 10 heteroatoms.